The zero-order valence-electron chi connectivity index (χ0n) is 13.2. The summed E-state index contributed by atoms with van der Waals surface area (Å²) in [6, 6.07) is 9.16. The standard InChI is InChI=1S/C18H14F3NO3/c1-17(8-10-5-6-13-14(7-10)25-9-24-13)11-3-2-4-12(18(19,20)21)15(11)22-16(17)23/h2-7H,8-9H2,1H3,(H,22,23). The maximum atomic E-state index is 13.2. The van der Waals surface area contributed by atoms with Gasteiger partial charge in [-0.3, -0.25) is 4.79 Å². The lowest BCUT2D eigenvalue weighted by atomic mass is 9.78. The van der Waals surface area contributed by atoms with Crippen LogP contribution >= 0.6 is 0 Å². The van der Waals surface area contributed by atoms with Gasteiger partial charge in [0, 0.05) is 0 Å². The van der Waals surface area contributed by atoms with Gasteiger partial charge in [-0.25, -0.2) is 0 Å². The second-order valence-electron chi connectivity index (χ2n) is 6.38. The molecule has 2 heterocycles. The number of amides is 1. The molecule has 0 fully saturated rings. The van der Waals surface area contributed by atoms with E-state index < -0.39 is 23.1 Å². The van der Waals surface area contributed by atoms with Crippen LogP contribution in [0, 0.1) is 0 Å². The van der Waals surface area contributed by atoms with E-state index in [9.17, 15) is 18.0 Å². The molecule has 7 heteroatoms. The number of nitrogens with one attached hydrogen (secondary N) is 1. The monoisotopic (exact) mass is 349 g/mol. The molecule has 130 valence electrons. The molecular formula is C18H14F3NO3. The summed E-state index contributed by atoms with van der Waals surface area (Å²) in [6.45, 7) is 1.78. The van der Waals surface area contributed by atoms with E-state index in [1.165, 1.54) is 6.07 Å². The van der Waals surface area contributed by atoms with E-state index in [-0.39, 0.29) is 18.9 Å². The predicted octanol–water partition coefficient (Wildman–Crippen LogP) is 3.89. The number of anilines is 1. The zero-order chi connectivity index (χ0) is 17.8. The molecule has 2 aliphatic rings. The summed E-state index contributed by atoms with van der Waals surface area (Å²) in [7, 11) is 0. The van der Waals surface area contributed by atoms with Crippen LogP contribution in [0.15, 0.2) is 36.4 Å². The fraction of sp³-hybridized carbons (Fsp3) is 0.278. The van der Waals surface area contributed by atoms with E-state index in [4.69, 9.17) is 9.47 Å². The third-order valence-electron chi connectivity index (χ3n) is 4.70. The van der Waals surface area contributed by atoms with Gasteiger partial charge in [-0.1, -0.05) is 18.2 Å². The van der Waals surface area contributed by atoms with Crippen molar-refractivity contribution in [1.82, 2.24) is 0 Å². The Morgan fingerprint density at radius 3 is 2.68 bits per heavy atom. The summed E-state index contributed by atoms with van der Waals surface area (Å²) in [6.07, 6.45) is -4.27. The molecule has 0 aliphatic carbocycles. The van der Waals surface area contributed by atoms with Gasteiger partial charge >= 0.3 is 6.18 Å². The fourth-order valence-electron chi connectivity index (χ4n) is 3.39. The molecule has 2 aliphatic heterocycles. The first-order chi connectivity index (χ1) is 11.8. The number of para-hydroxylation sites is 1. The summed E-state index contributed by atoms with van der Waals surface area (Å²) >= 11 is 0. The zero-order valence-corrected chi connectivity index (χ0v) is 13.2. The lowest BCUT2D eigenvalue weighted by Crippen LogP contribution is -2.33. The van der Waals surface area contributed by atoms with Gasteiger partial charge < -0.3 is 14.8 Å². The van der Waals surface area contributed by atoms with Crippen LogP contribution in [0.25, 0.3) is 0 Å². The molecule has 0 saturated carbocycles. The first-order valence-electron chi connectivity index (χ1n) is 7.70. The van der Waals surface area contributed by atoms with Crippen molar-refractivity contribution in [1.29, 1.82) is 0 Å². The topological polar surface area (TPSA) is 47.6 Å². The molecule has 0 saturated heterocycles. The molecule has 0 spiro atoms. The average Bonchev–Trinajstić information content (AvgIpc) is 3.10. The summed E-state index contributed by atoms with van der Waals surface area (Å²) in [5.41, 5.74) is -0.933. The number of hydrogen-bond donors (Lipinski definition) is 1. The van der Waals surface area contributed by atoms with Crippen LogP contribution in [0.1, 0.15) is 23.6 Å². The van der Waals surface area contributed by atoms with Gasteiger partial charge in [0.2, 0.25) is 12.7 Å². The molecule has 2 aromatic carbocycles. The number of carbonyl (C=O) groups is 1. The van der Waals surface area contributed by atoms with Crippen LogP contribution in [0.3, 0.4) is 0 Å². The van der Waals surface area contributed by atoms with Gasteiger partial charge in [-0.15, -0.1) is 0 Å². The summed E-state index contributed by atoms with van der Waals surface area (Å²) < 4.78 is 50.2. The summed E-state index contributed by atoms with van der Waals surface area (Å²) in [5, 5.41) is 2.42. The van der Waals surface area contributed by atoms with Gasteiger partial charge in [0.25, 0.3) is 0 Å². The molecule has 0 radical (unpaired) electrons. The van der Waals surface area contributed by atoms with Crippen LogP contribution < -0.4 is 14.8 Å². The molecule has 0 bridgehead atoms. The molecule has 1 atom stereocenters. The van der Waals surface area contributed by atoms with Gasteiger partial charge in [0.1, 0.15) is 0 Å². The van der Waals surface area contributed by atoms with Gasteiger partial charge in [0.15, 0.2) is 11.5 Å². The number of fused-ring (bicyclic) bond motifs is 2. The van der Waals surface area contributed by atoms with E-state index in [2.05, 4.69) is 5.32 Å². The Labute approximate surface area is 141 Å². The van der Waals surface area contributed by atoms with E-state index >= 15 is 0 Å². The number of alkyl halides is 3. The van der Waals surface area contributed by atoms with E-state index in [0.29, 0.717) is 17.1 Å². The highest BCUT2D eigenvalue weighted by atomic mass is 19.4. The Morgan fingerprint density at radius 2 is 1.92 bits per heavy atom. The highest BCUT2D eigenvalue weighted by molar-refractivity contribution is 6.07. The minimum atomic E-state index is -4.53. The Hall–Kier alpha value is -2.70. The SMILES string of the molecule is CC1(Cc2ccc3c(c2)OCO3)C(=O)Nc2c(C(F)(F)F)cccc21. The van der Waals surface area contributed by atoms with Crippen molar-refractivity contribution in [2.75, 3.05) is 12.1 Å². The highest BCUT2D eigenvalue weighted by Crippen LogP contribution is 2.46. The van der Waals surface area contributed by atoms with Gasteiger partial charge in [0.05, 0.1) is 16.7 Å². The lowest BCUT2D eigenvalue weighted by molar-refractivity contribution is -0.136. The fourth-order valence-corrected chi connectivity index (χ4v) is 3.39. The first kappa shape index (κ1) is 15.8. The number of benzene rings is 2. The van der Waals surface area contributed by atoms with Gasteiger partial charge in [-0.05, 0) is 42.7 Å². The van der Waals surface area contributed by atoms with E-state index in [0.717, 1.165) is 11.6 Å². The maximum absolute atomic E-state index is 13.2. The third kappa shape index (κ3) is 2.42. The first-order valence-corrected chi connectivity index (χ1v) is 7.70. The van der Waals surface area contributed by atoms with Crippen molar-refractivity contribution in [3.63, 3.8) is 0 Å². The molecule has 1 unspecified atom stereocenters. The van der Waals surface area contributed by atoms with Crippen LogP contribution in [0.4, 0.5) is 18.9 Å². The average molecular weight is 349 g/mol. The summed E-state index contributed by atoms with van der Waals surface area (Å²) in [5.74, 6) is 0.741. The molecule has 1 amide bonds. The van der Waals surface area contributed by atoms with Crippen LogP contribution in [0.5, 0.6) is 11.5 Å². The minimum absolute atomic E-state index is 0.133. The Bertz CT molecular complexity index is 878. The smallest absolute Gasteiger partial charge is 0.418 e. The second kappa shape index (κ2) is 5.15. The number of ether oxygens (including phenoxy) is 2. The normalized spacial score (nSPS) is 21.2. The molecular weight excluding hydrogens is 335 g/mol. The van der Waals surface area contributed by atoms with E-state index in [1.54, 1.807) is 31.2 Å². The molecule has 1 N–H and O–H groups in total. The predicted molar refractivity (Wildman–Crippen MR) is 83.7 cm³/mol. The largest absolute Gasteiger partial charge is 0.454 e. The van der Waals surface area contributed by atoms with Crippen molar-refractivity contribution < 1.29 is 27.4 Å². The summed E-state index contributed by atoms with van der Waals surface area (Å²) in [4.78, 5) is 12.5. The van der Waals surface area contributed by atoms with Crippen LogP contribution in [0.2, 0.25) is 0 Å². The molecule has 2 aromatic rings. The highest BCUT2D eigenvalue weighted by Gasteiger charge is 2.47. The number of hydrogen-bond acceptors (Lipinski definition) is 3. The number of rotatable bonds is 2. The molecule has 4 nitrogen and oxygen atoms in total. The van der Waals surface area contributed by atoms with Gasteiger partial charge in [-0.2, -0.15) is 13.2 Å². The van der Waals surface area contributed by atoms with Crippen molar-refractivity contribution in [3.05, 3.63) is 53.1 Å². The number of carbonyl (C=O) groups excluding carboxylic acids is 1. The quantitative estimate of drug-likeness (QED) is 0.895. The van der Waals surface area contributed by atoms with E-state index in [1.807, 2.05) is 0 Å². The van der Waals surface area contributed by atoms with Crippen LogP contribution in [-0.4, -0.2) is 12.7 Å². The van der Waals surface area contributed by atoms with Crippen molar-refractivity contribution in [2.45, 2.75) is 24.9 Å². The van der Waals surface area contributed by atoms with Crippen molar-refractivity contribution in [2.24, 2.45) is 0 Å². The second-order valence-corrected chi connectivity index (χ2v) is 6.38. The lowest BCUT2D eigenvalue weighted by Gasteiger charge is -2.23. The molecule has 4 rings (SSSR count). The Morgan fingerprint density at radius 1 is 1.16 bits per heavy atom. The maximum Gasteiger partial charge on any atom is 0.418 e. The number of halogens is 3. The van der Waals surface area contributed by atoms with Crippen molar-refractivity contribution in [3.8, 4) is 11.5 Å². The Balaban J connectivity index is 1.75. The van der Waals surface area contributed by atoms with Crippen LogP contribution in [-0.2, 0) is 22.8 Å². The third-order valence-corrected chi connectivity index (χ3v) is 4.70. The Kier molecular flexibility index (Phi) is 3.25. The minimum Gasteiger partial charge on any atom is -0.454 e. The van der Waals surface area contributed by atoms with Crippen molar-refractivity contribution >= 4 is 11.6 Å². The molecule has 25 heavy (non-hydrogen) atoms. The molecule has 0 aromatic heterocycles.